The molecule has 0 bridgehead atoms. The number of piperidine rings is 1. The molecule has 3 aliphatic heterocycles. The molecule has 4 heteroatoms. The second kappa shape index (κ2) is 6.20. The summed E-state index contributed by atoms with van der Waals surface area (Å²) < 4.78 is 5.28. The van der Waals surface area contributed by atoms with Crippen LogP contribution in [0.4, 0.5) is 11.4 Å². The topological polar surface area (TPSA) is 19.0 Å². The Kier molecular flexibility index (Phi) is 3.82. The maximum absolute atomic E-state index is 5.28. The van der Waals surface area contributed by atoms with Crippen molar-refractivity contribution in [2.24, 2.45) is 0 Å². The summed E-state index contributed by atoms with van der Waals surface area (Å²) in [5.74, 6) is 1.58. The van der Waals surface area contributed by atoms with Crippen molar-refractivity contribution in [3.63, 3.8) is 0 Å². The van der Waals surface area contributed by atoms with Gasteiger partial charge in [0.1, 0.15) is 5.75 Å². The lowest BCUT2D eigenvalue weighted by molar-refractivity contribution is 0.186. The minimum Gasteiger partial charge on any atom is -0.497 e. The number of hydrogen-bond donors (Lipinski definition) is 0. The van der Waals surface area contributed by atoms with Crippen LogP contribution in [0.2, 0.25) is 0 Å². The average Bonchev–Trinajstić information content (AvgIpc) is 3.00. The van der Waals surface area contributed by atoms with E-state index in [1.807, 2.05) is 0 Å². The van der Waals surface area contributed by atoms with Gasteiger partial charge in [0, 0.05) is 51.7 Å². The summed E-state index contributed by atoms with van der Waals surface area (Å²) in [6, 6.07) is 16.1. The maximum Gasteiger partial charge on any atom is 0.118 e. The van der Waals surface area contributed by atoms with Gasteiger partial charge in [-0.2, -0.15) is 0 Å². The van der Waals surface area contributed by atoms with Crippen molar-refractivity contribution in [2.45, 2.75) is 24.9 Å². The van der Waals surface area contributed by atoms with Crippen LogP contribution in [0.5, 0.6) is 5.75 Å². The predicted molar refractivity (Wildman–Crippen MR) is 106 cm³/mol. The van der Waals surface area contributed by atoms with Crippen molar-refractivity contribution < 1.29 is 4.74 Å². The molecule has 2 aromatic rings. The highest BCUT2D eigenvalue weighted by atomic mass is 16.5. The molecule has 2 aromatic carbocycles. The zero-order valence-electron chi connectivity index (χ0n) is 15.7. The van der Waals surface area contributed by atoms with Crippen molar-refractivity contribution in [2.75, 3.05) is 50.1 Å². The zero-order chi connectivity index (χ0) is 17.7. The van der Waals surface area contributed by atoms with Gasteiger partial charge in [-0.1, -0.05) is 24.3 Å². The SMILES string of the molecule is COc1ccc(CN2CCC3C(C2)c2cccc4c2N3CCN4C)cc1. The minimum absolute atomic E-state index is 0.642. The number of rotatable bonds is 3. The lowest BCUT2D eigenvalue weighted by atomic mass is 9.89. The highest BCUT2D eigenvalue weighted by Crippen LogP contribution is 2.50. The van der Waals surface area contributed by atoms with Crippen LogP contribution in [0, 0.1) is 0 Å². The molecule has 3 aliphatic rings. The Morgan fingerprint density at radius 1 is 1.04 bits per heavy atom. The monoisotopic (exact) mass is 349 g/mol. The van der Waals surface area contributed by atoms with E-state index in [-0.39, 0.29) is 0 Å². The molecule has 136 valence electrons. The van der Waals surface area contributed by atoms with Crippen LogP contribution in [0.1, 0.15) is 23.5 Å². The summed E-state index contributed by atoms with van der Waals surface area (Å²) in [4.78, 5) is 7.76. The average molecular weight is 349 g/mol. The molecule has 0 amide bonds. The molecule has 0 spiro atoms. The fraction of sp³-hybridized carbons (Fsp3) is 0.455. The smallest absolute Gasteiger partial charge is 0.118 e. The van der Waals surface area contributed by atoms with Gasteiger partial charge in [-0.15, -0.1) is 0 Å². The third kappa shape index (κ3) is 2.47. The van der Waals surface area contributed by atoms with Gasteiger partial charge in [0.25, 0.3) is 0 Å². The van der Waals surface area contributed by atoms with Gasteiger partial charge in [0.2, 0.25) is 0 Å². The molecule has 1 fully saturated rings. The van der Waals surface area contributed by atoms with Crippen molar-refractivity contribution in [1.82, 2.24) is 4.90 Å². The van der Waals surface area contributed by atoms with Crippen molar-refractivity contribution in [3.8, 4) is 5.75 Å². The predicted octanol–water partition coefficient (Wildman–Crippen LogP) is 3.32. The molecule has 5 rings (SSSR count). The molecule has 3 heterocycles. The molecule has 4 nitrogen and oxygen atoms in total. The Bertz CT molecular complexity index is 804. The Labute approximate surface area is 156 Å². The molecule has 26 heavy (non-hydrogen) atoms. The van der Waals surface area contributed by atoms with E-state index in [0.29, 0.717) is 12.0 Å². The number of fused-ring (bicyclic) bond motifs is 3. The normalized spacial score (nSPS) is 24.4. The molecule has 0 radical (unpaired) electrons. The number of ether oxygens (including phenoxy) is 1. The van der Waals surface area contributed by atoms with Crippen LogP contribution in [0.15, 0.2) is 42.5 Å². The van der Waals surface area contributed by atoms with Crippen molar-refractivity contribution in [3.05, 3.63) is 53.6 Å². The van der Waals surface area contributed by atoms with E-state index in [1.165, 1.54) is 36.4 Å². The number of benzene rings is 2. The fourth-order valence-corrected chi connectivity index (χ4v) is 5.11. The Morgan fingerprint density at radius 3 is 2.69 bits per heavy atom. The van der Waals surface area contributed by atoms with E-state index in [4.69, 9.17) is 4.74 Å². The molecule has 2 unspecified atom stereocenters. The van der Waals surface area contributed by atoms with Gasteiger partial charge in [0.15, 0.2) is 0 Å². The summed E-state index contributed by atoms with van der Waals surface area (Å²) >= 11 is 0. The third-order valence-corrected chi connectivity index (χ3v) is 6.45. The summed E-state index contributed by atoms with van der Waals surface area (Å²) in [6.07, 6.45) is 1.26. The van der Waals surface area contributed by atoms with E-state index in [2.05, 4.69) is 64.2 Å². The van der Waals surface area contributed by atoms with Crippen LogP contribution in [0.25, 0.3) is 0 Å². The van der Waals surface area contributed by atoms with Gasteiger partial charge in [-0.05, 0) is 35.7 Å². The van der Waals surface area contributed by atoms with Crippen molar-refractivity contribution in [1.29, 1.82) is 0 Å². The summed E-state index contributed by atoms with van der Waals surface area (Å²) in [6.45, 7) is 5.67. The van der Waals surface area contributed by atoms with Gasteiger partial charge in [-0.25, -0.2) is 0 Å². The number of anilines is 2. The Morgan fingerprint density at radius 2 is 1.88 bits per heavy atom. The Balaban J connectivity index is 1.38. The number of methoxy groups -OCH3 is 1. The van der Waals surface area contributed by atoms with Crippen LogP contribution >= 0.6 is 0 Å². The van der Waals surface area contributed by atoms with E-state index in [1.54, 1.807) is 12.7 Å². The first-order valence-corrected chi connectivity index (χ1v) is 9.70. The van der Waals surface area contributed by atoms with Crippen LogP contribution in [0.3, 0.4) is 0 Å². The first kappa shape index (κ1) is 16.0. The van der Waals surface area contributed by atoms with Crippen LogP contribution in [-0.2, 0) is 6.54 Å². The lowest BCUT2D eigenvalue weighted by Crippen LogP contribution is -2.49. The second-order valence-electron chi connectivity index (χ2n) is 7.88. The highest BCUT2D eigenvalue weighted by Gasteiger charge is 2.44. The van der Waals surface area contributed by atoms with Gasteiger partial charge >= 0.3 is 0 Å². The molecule has 1 saturated heterocycles. The number of likely N-dealkylation sites (tertiary alicyclic amines) is 1. The van der Waals surface area contributed by atoms with Crippen LogP contribution < -0.4 is 14.5 Å². The zero-order valence-corrected chi connectivity index (χ0v) is 15.7. The maximum atomic E-state index is 5.28. The molecule has 0 aliphatic carbocycles. The van der Waals surface area contributed by atoms with E-state index >= 15 is 0 Å². The van der Waals surface area contributed by atoms with Gasteiger partial charge in [-0.3, -0.25) is 4.90 Å². The molecule has 0 saturated carbocycles. The van der Waals surface area contributed by atoms with E-state index in [0.717, 1.165) is 25.4 Å². The largest absolute Gasteiger partial charge is 0.497 e. The Hall–Kier alpha value is -2.20. The van der Waals surface area contributed by atoms with E-state index < -0.39 is 0 Å². The minimum atomic E-state index is 0.642. The molecular weight excluding hydrogens is 322 g/mol. The molecular formula is C22H27N3O. The standard InChI is InChI=1S/C22H27N3O/c1-23-12-13-25-20-10-11-24(14-16-6-8-17(26-2)9-7-16)15-19(20)18-4-3-5-21(23)22(18)25/h3-9,19-20H,10-15H2,1-2H3. The number of likely N-dealkylation sites (N-methyl/N-ethyl adjacent to an activating group) is 1. The van der Waals surface area contributed by atoms with E-state index in [9.17, 15) is 0 Å². The highest BCUT2D eigenvalue weighted by molar-refractivity contribution is 5.80. The summed E-state index contributed by atoms with van der Waals surface area (Å²) in [7, 11) is 3.95. The van der Waals surface area contributed by atoms with Crippen molar-refractivity contribution >= 4 is 11.4 Å². The van der Waals surface area contributed by atoms with Gasteiger partial charge < -0.3 is 14.5 Å². The molecule has 0 aromatic heterocycles. The fourth-order valence-electron chi connectivity index (χ4n) is 5.11. The summed E-state index contributed by atoms with van der Waals surface area (Å²) in [5, 5.41) is 0. The second-order valence-corrected chi connectivity index (χ2v) is 7.88. The molecule has 2 atom stereocenters. The third-order valence-electron chi connectivity index (χ3n) is 6.45. The molecule has 0 N–H and O–H groups in total. The number of hydrogen-bond acceptors (Lipinski definition) is 4. The first-order valence-electron chi connectivity index (χ1n) is 9.70. The lowest BCUT2D eigenvalue weighted by Gasteiger charge is -2.41. The number of para-hydroxylation sites is 1. The number of nitrogens with zero attached hydrogens (tertiary/aromatic N) is 3. The quantitative estimate of drug-likeness (QED) is 0.846. The van der Waals surface area contributed by atoms with Crippen LogP contribution in [-0.4, -0.2) is 51.3 Å². The van der Waals surface area contributed by atoms with Gasteiger partial charge in [0.05, 0.1) is 18.5 Å². The first-order chi connectivity index (χ1) is 12.7. The summed E-state index contributed by atoms with van der Waals surface area (Å²) in [5.41, 5.74) is 5.88.